The standard InChI is InChI=1S/C12H9BrN4O2/c13-9-4-3-8(19-9)12-16-7-2-1-5-15-11(7)17(12)6-10(14)18/h1-5H,6H2,(H2,14,18). The summed E-state index contributed by atoms with van der Waals surface area (Å²) in [6, 6.07) is 7.13. The molecular weight excluding hydrogens is 312 g/mol. The van der Waals surface area contributed by atoms with Crippen LogP contribution in [0.4, 0.5) is 0 Å². The zero-order chi connectivity index (χ0) is 13.4. The third-order valence-electron chi connectivity index (χ3n) is 2.61. The summed E-state index contributed by atoms with van der Waals surface area (Å²) < 4.78 is 7.71. The van der Waals surface area contributed by atoms with E-state index in [0.717, 1.165) is 0 Å². The van der Waals surface area contributed by atoms with E-state index in [4.69, 9.17) is 10.2 Å². The summed E-state index contributed by atoms with van der Waals surface area (Å²) in [5.41, 5.74) is 6.56. The maximum atomic E-state index is 11.2. The summed E-state index contributed by atoms with van der Waals surface area (Å²) >= 11 is 3.24. The molecule has 3 rings (SSSR count). The second-order valence-electron chi connectivity index (χ2n) is 3.94. The fourth-order valence-electron chi connectivity index (χ4n) is 1.89. The first-order valence-corrected chi connectivity index (χ1v) is 6.30. The first-order valence-electron chi connectivity index (χ1n) is 5.50. The minimum absolute atomic E-state index is 0.00116. The number of imidazole rings is 1. The molecular formula is C12H9BrN4O2. The van der Waals surface area contributed by atoms with E-state index in [9.17, 15) is 4.79 Å². The molecule has 3 aromatic heterocycles. The fraction of sp³-hybridized carbons (Fsp3) is 0.0833. The Hall–Kier alpha value is -2.15. The number of halogens is 1. The maximum Gasteiger partial charge on any atom is 0.237 e. The lowest BCUT2D eigenvalue weighted by atomic mass is 10.4. The highest BCUT2D eigenvalue weighted by Crippen LogP contribution is 2.27. The van der Waals surface area contributed by atoms with Crippen LogP contribution < -0.4 is 5.73 Å². The molecule has 96 valence electrons. The van der Waals surface area contributed by atoms with Gasteiger partial charge in [0.1, 0.15) is 12.1 Å². The SMILES string of the molecule is NC(=O)Cn1c(-c2ccc(Br)o2)nc2cccnc21. The van der Waals surface area contributed by atoms with Crippen molar-refractivity contribution in [3.05, 3.63) is 35.1 Å². The van der Waals surface area contributed by atoms with Gasteiger partial charge in [-0.05, 0) is 40.2 Å². The van der Waals surface area contributed by atoms with Gasteiger partial charge in [-0.25, -0.2) is 9.97 Å². The third-order valence-corrected chi connectivity index (χ3v) is 3.04. The molecule has 0 fully saturated rings. The molecule has 0 aromatic carbocycles. The highest BCUT2D eigenvalue weighted by Gasteiger charge is 2.17. The lowest BCUT2D eigenvalue weighted by molar-refractivity contribution is -0.118. The van der Waals surface area contributed by atoms with Crippen LogP contribution in [0.5, 0.6) is 0 Å². The van der Waals surface area contributed by atoms with Crippen molar-refractivity contribution in [1.82, 2.24) is 14.5 Å². The third kappa shape index (κ3) is 2.12. The van der Waals surface area contributed by atoms with Gasteiger partial charge in [-0.15, -0.1) is 0 Å². The Morgan fingerprint density at radius 1 is 1.42 bits per heavy atom. The molecule has 3 aromatic rings. The molecule has 0 unspecified atom stereocenters. The van der Waals surface area contributed by atoms with Gasteiger partial charge < -0.3 is 10.2 Å². The Labute approximate surface area is 116 Å². The topological polar surface area (TPSA) is 86.9 Å². The minimum Gasteiger partial charge on any atom is -0.446 e. The number of pyridine rings is 1. The van der Waals surface area contributed by atoms with Gasteiger partial charge in [0.2, 0.25) is 5.91 Å². The van der Waals surface area contributed by atoms with Gasteiger partial charge in [-0.1, -0.05) is 0 Å². The van der Waals surface area contributed by atoms with E-state index in [0.29, 0.717) is 27.4 Å². The van der Waals surface area contributed by atoms with E-state index >= 15 is 0 Å². The molecule has 0 aliphatic heterocycles. The van der Waals surface area contributed by atoms with Crippen LogP contribution in [0.1, 0.15) is 0 Å². The number of amides is 1. The van der Waals surface area contributed by atoms with Crippen LogP contribution in [0.25, 0.3) is 22.7 Å². The van der Waals surface area contributed by atoms with Gasteiger partial charge in [0.15, 0.2) is 21.9 Å². The molecule has 7 heteroatoms. The van der Waals surface area contributed by atoms with Crippen molar-refractivity contribution in [2.45, 2.75) is 6.54 Å². The van der Waals surface area contributed by atoms with Gasteiger partial charge in [0.25, 0.3) is 0 Å². The number of hydrogen-bond acceptors (Lipinski definition) is 4. The Morgan fingerprint density at radius 2 is 2.26 bits per heavy atom. The maximum absolute atomic E-state index is 11.2. The highest BCUT2D eigenvalue weighted by molar-refractivity contribution is 9.10. The molecule has 2 N–H and O–H groups in total. The van der Waals surface area contributed by atoms with Gasteiger partial charge in [0, 0.05) is 6.20 Å². The molecule has 0 atom stereocenters. The zero-order valence-corrected chi connectivity index (χ0v) is 11.3. The van der Waals surface area contributed by atoms with Crippen molar-refractivity contribution >= 4 is 33.0 Å². The number of carbonyl (C=O) groups is 1. The summed E-state index contributed by atoms with van der Waals surface area (Å²) in [4.78, 5) is 19.9. The summed E-state index contributed by atoms with van der Waals surface area (Å²) in [7, 11) is 0. The van der Waals surface area contributed by atoms with Crippen LogP contribution in [-0.4, -0.2) is 20.4 Å². The van der Waals surface area contributed by atoms with E-state index in [1.807, 2.05) is 6.07 Å². The first kappa shape index (κ1) is 11.9. The molecule has 0 spiro atoms. The van der Waals surface area contributed by atoms with E-state index < -0.39 is 5.91 Å². The van der Waals surface area contributed by atoms with Gasteiger partial charge >= 0.3 is 0 Å². The number of furan rings is 1. The largest absolute Gasteiger partial charge is 0.446 e. The van der Waals surface area contributed by atoms with Crippen LogP contribution in [0, 0.1) is 0 Å². The van der Waals surface area contributed by atoms with Crippen LogP contribution in [0.3, 0.4) is 0 Å². The highest BCUT2D eigenvalue weighted by atomic mass is 79.9. The molecule has 0 aliphatic rings. The van der Waals surface area contributed by atoms with Crippen molar-refractivity contribution in [3.63, 3.8) is 0 Å². The number of primary amides is 1. The zero-order valence-electron chi connectivity index (χ0n) is 9.71. The van der Waals surface area contributed by atoms with E-state index in [-0.39, 0.29) is 6.54 Å². The quantitative estimate of drug-likeness (QED) is 0.798. The average molecular weight is 321 g/mol. The molecule has 3 heterocycles. The molecule has 6 nitrogen and oxygen atoms in total. The van der Waals surface area contributed by atoms with E-state index in [2.05, 4.69) is 25.9 Å². The molecule has 19 heavy (non-hydrogen) atoms. The summed E-state index contributed by atoms with van der Waals surface area (Å²) in [5, 5.41) is 0. The van der Waals surface area contributed by atoms with Crippen LogP contribution in [0.15, 0.2) is 39.5 Å². The molecule has 0 saturated carbocycles. The number of rotatable bonds is 3. The second kappa shape index (κ2) is 4.51. The number of nitrogens with zero attached hydrogens (tertiary/aromatic N) is 3. The lowest BCUT2D eigenvalue weighted by Crippen LogP contribution is -2.19. The monoisotopic (exact) mass is 320 g/mol. The number of carbonyl (C=O) groups excluding carboxylic acids is 1. The molecule has 0 radical (unpaired) electrons. The fourth-order valence-corrected chi connectivity index (χ4v) is 2.19. The summed E-state index contributed by atoms with van der Waals surface area (Å²) in [6.45, 7) is 0.00116. The van der Waals surface area contributed by atoms with E-state index in [1.54, 1.807) is 29.0 Å². The van der Waals surface area contributed by atoms with Crippen molar-refractivity contribution in [2.24, 2.45) is 5.73 Å². The van der Waals surface area contributed by atoms with Crippen molar-refractivity contribution in [3.8, 4) is 11.6 Å². The van der Waals surface area contributed by atoms with Crippen molar-refractivity contribution in [2.75, 3.05) is 0 Å². The van der Waals surface area contributed by atoms with Gasteiger partial charge in [-0.2, -0.15) is 0 Å². The summed E-state index contributed by atoms with van der Waals surface area (Å²) in [5.74, 6) is 0.612. The van der Waals surface area contributed by atoms with Gasteiger partial charge in [0.05, 0.1) is 0 Å². The van der Waals surface area contributed by atoms with Crippen LogP contribution in [-0.2, 0) is 11.3 Å². The first-order chi connectivity index (χ1) is 9.15. The molecule has 1 amide bonds. The Bertz CT molecular complexity index is 762. The summed E-state index contributed by atoms with van der Waals surface area (Å²) in [6.07, 6.45) is 1.64. The molecule has 0 saturated heterocycles. The predicted molar refractivity (Wildman–Crippen MR) is 72.1 cm³/mol. The Morgan fingerprint density at radius 3 is 2.95 bits per heavy atom. The average Bonchev–Trinajstić information content (AvgIpc) is 2.94. The van der Waals surface area contributed by atoms with Crippen molar-refractivity contribution in [1.29, 1.82) is 0 Å². The van der Waals surface area contributed by atoms with E-state index in [1.165, 1.54) is 0 Å². The molecule has 0 aliphatic carbocycles. The Balaban J connectivity index is 2.25. The number of aromatic nitrogens is 3. The predicted octanol–water partition coefficient (Wildman–Crippen LogP) is 1.94. The number of hydrogen-bond donors (Lipinski definition) is 1. The van der Waals surface area contributed by atoms with Crippen LogP contribution in [0.2, 0.25) is 0 Å². The molecule has 0 bridgehead atoms. The van der Waals surface area contributed by atoms with Gasteiger partial charge in [-0.3, -0.25) is 9.36 Å². The van der Waals surface area contributed by atoms with Crippen LogP contribution >= 0.6 is 15.9 Å². The minimum atomic E-state index is -0.461. The number of fused-ring (bicyclic) bond motifs is 1. The number of nitrogens with two attached hydrogens (primary N) is 1. The second-order valence-corrected chi connectivity index (χ2v) is 4.72. The normalized spacial score (nSPS) is 11.0. The Kier molecular flexibility index (Phi) is 2.83. The lowest BCUT2D eigenvalue weighted by Gasteiger charge is -2.03. The van der Waals surface area contributed by atoms with Crippen molar-refractivity contribution < 1.29 is 9.21 Å². The smallest absolute Gasteiger partial charge is 0.237 e.